The second-order valence-electron chi connectivity index (χ2n) is 11.5. The lowest BCUT2D eigenvalue weighted by Gasteiger charge is -2.45. The summed E-state index contributed by atoms with van der Waals surface area (Å²) in [5.74, 6) is 0. The Kier molecular flexibility index (Phi) is 11.4. The van der Waals surface area contributed by atoms with Gasteiger partial charge in [-0.15, -0.1) is 0 Å². The lowest BCUT2D eigenvalue weighted by Crippen LogP contribution is -2.46. The average Bonchev–Trinajstić information content (AvgIpc) is 2.42. The Labute approximate surface area is 182 Å². The van der Waals surface area contributed by atoms with E-state index in [9.17, 15) is 0 Å². The van der Waals surface area contributed by atoms with Crippen LogP contribution in [0, 0.1) is 5.41 Å². The topological polar surface area (TPSA) is 36.9 Å². The molecule has 0 saturated heterocycles. The van der Waals surface area contributed by atoms with Crippen LogP contribution in [-0.4, -0.2) is 48.3 Å². The Morgan fingerprint density at radius 1 is 0.621 bits per heavy atom. The summed E-state index contributed by atoms with van der Waals surface area (Å²) in [4.78, 5) is 0. The number of hydrogen-bond donors (Lipinski definition) is 0. The summed E-state index contributed by atoms with van der Waals surface area (Å²) in [7, 11) is 0. The van der Waals surface area contributed by atoms with Crippen LogP contribution in [0.2, 0.25) is 0 Å². The molecule has 0 N–H and O–H groups in total. The van der Waals surface area contributed by atoms with Gasteiger partial charge in [-0.2, -0.15) is 0 Å². The molecular weight excluding hydrogens is 364 g/mol. The molecule has 176 valence electrons. The van der Waals surface area contributed by atoms with E-state index in [-0.39, 0.29) is 40.5 Å². The molecule has 0 heterocycles. The van der Waals surface area contributed by atoms with E-state index in [1.165, 1.54) is 0 Å². The van der Waals surface area contributed by atoms with Crippen LogP contribution in [0.15, 0.2) is 0 Å². The van der Waals surface area contributed by atoms with Crippen LogP contribution in [-0.2, 0) is 18.9 Å². The smallest absolute Gasteiger partial charge is 0.0681 e. The van der Waals surface area contributed by atoms with Gasteiger partial charge >= 0.3 is 0 Å². The zero-order valence-electron chi connectivity index (χ0n) is 21.9. The average molecular weight is 417 g/mol. The quantitative estimate of drug-likeness (QED) is 0.294. The van der Waals surface area contributed by atoms with Crippen molar-refractivity contribution in [3.63, 3.8) is 0 Å². The molecule has 1 atom stereocenters. The summed E-state index contributed by atoms with van der Waals surface area (Å²) in [5, 5.41) is 0. The minimum absolute atomic E-state index is 0.00854. The molecule has 4 heteroatoms. The molecule has 0 aromatic heterocycles. The molecule has 0 bridgehead atoms. The first-order valence-corrected chi connectivity index (χ1v) is 11.5. The van der Waals surface area contributed by atoms with Crippen LogP contribution < -0.4 is 0 Å². The lowest BCUT2D eigenvalue weighted by molar-refractivity contribution is -0.180. The van der Waals surface area contributed by atoms with Crippen molar-refractivity contribution in [2.45, 2.75) is 144 Å². The molecule has 0 rings (SSSR count). The first-order chi connectivity index (χ1) is 12.9. The highest BCUT2D eigenvalue weighted by atomic mass is 16.5. The second-order valence-corrected chi connectivity index (χ2v) is 11.5. The van der Waals surface area contributed by atoms with E-state index in [0.29, 0.717) is 6.61 Å². The highest BCUT2D eigenvalue weighted by molar-refractivity contribution is 4.89. The minimum atomic E-state index is -0.276. The van der Waals surface area contributed by atoms with Crippen molar-refractivity contribution in [1.82, 2.24) is 0 Å². The van der Waals surface area contributed by atoms with Gasteiger partial charge in [-0.25, -0.2) is 0 Å². The van der Waals surface area contributed by atoms with Gasteiger partial charge in [0.1, 0.15) is 0 Å². The van der Waals surface area contributed by atoms with Crippen molar-refractivity contribution in [2.24, 2.45) is 5.41 Å². The first-order valence-electron chi connectivity index (χ1n) is 11.5. The molecule has 0 aromatic rings. The van der Waals surface area contributed by atoms with Gasteiger partial charge < -0.3 is 18.9 Å². The van der Waals surface area contributed by atoms with E-state index >= 15 is 0 Å². The SMILES string of the molecule is CC(C)OCCC(C)(C)OC(C)(C)CC(C)OC(C)(C)C(C)(C)CCOC(C)C. The normalized spacial score (nSPS) is 15.4. The van der Waals surface area contributed by atoms with Crippen LogP contribution in [0.3, 0.4) is 0 Å². The van der Waals surface area contributed by atoms with Gasteiger partial charge in [-0.1, -0.05) is 13.8 Å². The van der Waals surface area contributed by atoms with Gasteiger partial charge in [0.25, 0.3) is 0 Å². The van der Waals surface area contributed by atoms with Crippen molar-refractivity contribution in [3.05, 3.63) is 0 Å². The molecule has 0 fully saturated rings. The monoisotopic (exact) mass is 416 g/mol. The third kappa shape index (κ3) is 12.3. The molecule has 0 aliphatic carbocycles. The first kappa shape index (κ1) is 28.8. The second kappa shape index (κ2) is 11.5. The van der Waals surface area contributed by atoms with Gasteiger partial charge in [0.15, 0.2) is 0 Å². The zero-order valence-corrected chi connectivity index (χ0v) is 21.9. The summed E-state index contributed by atoms with van der Waals surface area (Å²) >= 11 is 0. The van der Waals surface area contributed by atoms with Crippen molar-refractivity contribution < 1.29 is 18.9 Å². The summed E-state index contributed by atoms with van der Waals surface area (Å²) < 4.78 is 24.5. The van der Waals surface area contributed by atoms with Crippen molar-refractivity contribution in [1.29, 1.82) is 0 Å². The Balaban J connectivity index is 4.75. The van der Waals surface area contributed by atoms with Crippen LogP contribution in [0.1, 0.15) is 109 Å². The maximum atomic E-state index is 6.56. The molecule has 1 unspecified atom stereocenters. The number of ether oxygens (including phenoxy) is 4. The molecule has 4 nitrogen and oxygen atoms in total. The van der Waals surface area contributed by atoms with Crippen molar-refractivity contribution in [3.8, 4) is 0 Å². The van der Waals surface area contributed by atoms with E-state index < -0.39 is 0 Å². The zero-order chi connectivity index (χ0) is 23.1. The summed E-state index contributed by atoms with van der Waals surface area (Å²) in [6.07, 6.45) is 3.28. The molecule has 0 amide bonds. The molecule has 0 aromatic carbocycles. The Hall–Kier alpha value is -0.160. The maximum Gasteiger partial charge on any atom is 0.0681 e. The Morgan fingerprint density at radius 2 is 1.07 bits per heavy atom. The van der Waals surface area contributed by atoms with E-state index in [2.05, 4.69) is 90.0 Å². The maximum absolute atomic E-state index is 6.56. The van der Waals surface area contributed by atoms with E-state index in [0.717, 1.165) is 25.9 Å². The fraction of sp³-hybridized carbons (Fsp3) is 1.00. The molecule has 0 radical (unpaired) electrons. The van der Waals surface area contributed by atoms with Crippen LogP contribution in [0.4, 0.5) is 0 Å². The fourth-order valence-electron chi connectivity index (χ4n) is 3.63. The fourth-order valence-corrected chi connectivity index (χ4v) is 3.63. The van der Waals surface area contributed by atoms with Crippen LogP contribution >= 0.6 is 0 Å². The molecule has 0 spiro atoms. The number of hydrogen-bond acceptors (Lipinski definition) is 4. The van der Waals surface area contributed by atoms with Crippen LogP contribution in [0.5, 0.6) is 0 Å². The van der Waals surface area contributed by atoms with Gasteiger partial charge in [-0.3, -0.25) is 0 Å². The van der Waals surface area contributed by atoms with Crippen LogP contribution in [0.25, 0.3) is 0 Å². The van der Waals surface area contributed by atoms with Gasteiger partial charge in [0.05, 0.1) is 35.1 Å². The highest BCUT2D eigenvalue weighted by Gasteiger charge is 2.40. The molecule has 0 saturated carbocycles. The standard InChI is InChI=1S/C25H52O4/c1-19(2)26-16-14-22(6,7)25(12,13)28-21(5)18-24(10,11)29-23(8,9)15-17-27-20(3)4/h19-21H,14-18H2,1-13H3. The predicted molar refractivity (Wildman–Crippen MR) is 124 cm³/mol. The highest BCUT2D eigenvalue weighted by Crippen LogP contribution is 2.39. The molecular formula is C25H52O4. The lowest BCUT2D eigenvalue weighted by atomic mass is 9.74. The van der Waals surface area contributed by atoms with E-state index in [1.54, 1.807) is 0 Å². The largest absolute Gasteiger partial charge is 0.379 e. The Bertz CT molecular complexity index is 450. The van der Waals surface area contributed by atoms with Gasteiger partial charge in [-0.05, 0) is 94.4 Å². The van der Waals surface area contributed by atoms with E-state index in [1.807, 2.05) is 0 Å². The van der Waals surface area contributed by atoms with Crippen molar-refractivity contribution >= 4 is 0 Å². The summed E-state index contributed by atoms with van der Waals surface area (Å²) in [6, 6.07) is 0. The molecule has 0 aliphatic heterocycles. The Morgan fingerprint density at radius 3 is 1.52 bits per heavy atom. The molecule has 0 aliphatic rings. The summed E-state index contributed by atoms with van der Waals surface area (Å²) in [5.41, 5.74) is -0.763. The predicted octanol–water partition coefficient (Wildman–Crippen LogP) is 6.79. The third-order valence-corrected chi connectivity index (χ3v) is 5.79. The summed E-state index contributed by atoms with van der Waals surface area (Å²) in [6.45, 7) is 29.4. The molecule has 29 heavy (non-hydrogen) atoms. The third-order valence-electron chi connectivity index (χ3n) is 5.79. The van der Waals surface area contributed by atoms with Gasteiger partial charge in [0, 0.05) is 19.6 Å². The van der Waals surface area contributed by atoms with E-state index in [4.69, 9.17) is 18.9 Å². The van der Waals surface area contributed by atoms with Gasteiger partial charge in [0.2, 0.25) is 0 Å². The number of rotatable bonds is 15. The van der Waals surface area contributed by atoms with Crippen molar-refractivity contribution in [2.75, 3.05) is 13.2 Å². The minimum Gasteiger partial charge on any atom is -0.379 e.